The summed E-state index contributed by atoms with van der Waals surface area (Å²) in [5.41, 5.74) is 4.21. The van der Waals surface area contributed by atoms with E-state index in [9.17, 15) is 0 Å². The van der Waals surface area contributed by atoms with Gasteiger partial charge in [0.2, 0.25) is 0 Å². The molecule has 0 aromatic carbocycles. The fourth-order valence-corrected chi connectivity index (χ4v) is 2.18. The molecule has 0 saturated heterocycles. The van der Waals surface area contributed by atoms with Gasteiger partial charge in [-0.2, -0.15) is 0 Å². The van der Waals surface area contributed by atoms with E-state index >= 15 is 0 Å². The second kappa shape index (κ2) is 6.48. The van der Waals surface area contributed by atoms with Gasteiger partial charge in [0.05, 0.1) is 0 Å². The highest BCUT2D eigenvalue weighted by atomic mass is 15.1. The maximum Gasteiger partial charge on any atom is 0.0396 e. The summed E-state index contributed by atoms with van der Waals surface area (Å²) in [5.74, 6) is 0.729. The van der Waals surface area contributed by atoms with E-state index < -0.39 is 0 Å². The van der Waals surface area contributed by atoms with E-state index in [2.05, 4.69) is 70.1 Å². The summed E-state index contributed by atoms with van der Waals surface area (Å²) in [5, 5.41) is 0. The zero-order chi connectivity index (χ0) is 12.8. The fraction of sp³-hybridized carbons (Fsp3) is 0.500. The van der Waals surface area contributed by atoms with E-state index in [0.29, 0.717) is 0 Å². The minimum atomic E-state index is 0.729. The lowest BCUT2D eigenvalue weighted by Gasteiger charge is -2.22. The summed E-state index contributed by atoms with van der Waals surface area (Å²) >= 11 is 0. The average Bonchev–Trinajstić information content (AvgIpc) is 2.42. The van der Waals surface area contributed by atoms with Crippen LogP contribution in [0.2, 0.25) is 0 Å². The Labute approximate surface area is 106 Å². The lowest BCUT2D eigenvalue weighted by atomic mass is 9.95. The maximum atomic E-state index is 2.33. The van der Waals surface area contributed by atoms with Crippen molar-refractivity contribution in [1.29, 1.82) is 0 Å². The molecule has 0 aromatic rings. The Bertz CT molecular complexity index is 367. The summed E-state index contributed by atoms with van der Waals surface area (Å²) in [7, 11) is 4.24. The molecule has 1 aliphatic rings. The standard InChI is InChI=1S/C16H25N/c1-6-7-11-16(17(4)5)15-12-13(2)9-8-10-14(15)3/h6-8,10-11,13H,9,12H2,1-5H3/b7-6-,16-11-/t13-/m1/s1. The Balaban J connectivity index is 3.12. The Morgan fingerprint density at radius 1 is 1.41 bits per heavy atom. The predicted molar refractivity (Wildman–Crippen MR) is 76.8 cm³/mol. The summed E-state index contributed by atoms with van der Waals surface area (Å²) < 4.78 is 0. The van der Waals surface area contributed by atoms with Crippen LogP contribution >= 0.6 is 0 Å². The van der Waals surface area contributed by atoms with Gasteiger partial charge in [0.15, 0.2) is 0 Å². The normalized spacial score (nSPS) is 22.2. The molecular weight excluding hydrogens is 206 g/mol. The predicted octanol–water partition coefficient (Wildman–Crippen LogP) is 4.31. The number of likely N-dealkylation sites (N-methyl/N-ethyl adjacent to an activating group) is 1. The largest absolute Gasteiger partial charge is 0.377 e. The van der Waals surface area contributed by atoms with Gasteiger partial charge in [-0.1, -0.05) is 31.2 Å². The van der Waals surface area contributed by atoms with Crippen LogP contribution < -0.4 is 0 Å². The number of hydrogen-bond donors (Lipinski definition) is 0. The fourth-order valence-electron chi connectivity index (χ4n) is 2.18. The third-order valence-electron chi connectivity index (χ3n) is 3.17. The first-order valence-corrected chi connectivity index (χ1v) is 6.43. The van der Waals surface area contributed by atoms with E-state index in [-0.39, 0.29) is 0 Å². The van der Waals surface area contributed by atoms with Gasteiger partial charge in [-0.15, -0.1) is 0 Å². The Morgan fingerprint density at radius 3 is 2.71 bits per heavy atom. The van der Waals surface area contributed by atoms with Gasteiger partial charge in [-0.05, 0) is 49.8 Å². The first-order valence-electron chi connectivity index (χ1n) is 6.43. The van der Waals surface area contributed by atoms with Crippen molar-refractivity contribution in [1.82, 2.24) is 4.90 Å². The van der Waals surface area contributed by atoms with Gasteiger partial charge >= 0.3 is 0 Å². The highest BCUT2D eigenvalue weighted by Gasteiger charge is 2.15. The number of allylic oxidation sites excluding steroid dienone is 7. The Hall–Kier alpha value is -1.24. The Morgan fingerprint density at radius 2 is 2.12 bits per heavy atom. The SMILES string of the molecule is C/C=C\C=C(\C1=C(C)C=CC[C@@H](C)C1)N(C)C. The highest BCUT2D eigenvalue weighted by molar-refractivity contribution is 5.41. The van der Waals surface area contributed by atoms with E-state index in [1.165, 1.54) is 29.7 Å². The summed E-state index contributed by atoms with van der Waals surface area (Å²) in [4.78, 5) is 2.21. The summed E-state index contributed by atoms with van der Waals surface area (Å²) in [6.07, 6.45) is 13.3. The summed E-state index contributed by atoms with van der Waals surface area (Å²) in [6.45, 7) is 6.60. The van der Waals surface area contributed by atoms with E-state index in [1.54, 1.807) is 0 Å². The lowest BCUT2D eigenvalue weighted by molar-refractivity contribution is 0.498. The van der Waals surface area contributed by atoms with Crippen LogP contribution in [-0.2, 0) is 0 Å². The highest BCUT2D eigenvalue weighted by Crippen LogP contribution is 2.29. The zero-order valence-electron chi connectivity index (χ0n) is 11.8. The van der Waals surface area contributed by atoms with Gasteiger partial charge in [-0.25, -0.2) is 0 Å². The van der Waals surface area contributed by atoms with E-state index in [0.717, 1.165) is 5.92 Å². The molecule has 1 nitrogen and oxygen atoms in total. The van der Waals surface area contributed by atoms with Gasteiger partial charge in [0.1, 0.15) is 0 Å². The lowest BCUT2D eigenvalue weighted by Crippen LogP contribution is -2.15. The number of rotatable bonds is 3. The van der Waals surface area contributed by atoms with Crippen molar-refractivity contribution < 1.29 is 0 Å². The van der Waals surface area contributed by atoms with Crippen LogP contribution in [-0.4, -0.2) is 19.0 Å². The molecule has 0 unspecified atom stereocenters. The first kappa shape index (κ1) is 13.8. The van der Waals surface area contributed by atoms with Crippen molar-refractivity contribution in [2.45, 2.75) is 33.6 Å². The monoisotopic (exact) mass is 231 g/mol. The van der Waals surface area contributed by atoms with Crippen molar-refractivity contribution in [3.05, 3.63) is 47.2 Å². The molecule has 94 valence electrons. The van der Waals surface area contributed by atoms with Crippen LogP contribution in [0.1, 0.15) is 33.6 Å². The summed E-state index contributed by atoms with van der Waals surface area (Å²) in [6, 6.07) is 0. The molecule has 0 heterocycles. The second-order valence-corrected chi connectivity index (χ2v) is 5.08. The molecule has 0 aromatic heterocycles. The van der Waals surface area contributed by atoms with Crippen LogP contribution in [0.5, 0.6) is 0 Å². The molecule has 17 heavy (non-hydrogen) atoms. The third kappa shape index (κ3) is 3.92. The quantitative estimate of drug-likeness (QED) is 0.654. The molecule has 1 atom stereocenters. The third-order valence-corrected chi connectivity index (χ3v) is 3.17. The molecule has 0 fully saturated rings. The van der Waals surface area contributed by atoms with Gasteiger partial charge in [-0.3, -0.25) is 0 Å². The van der Waals surface area contributed by atoms with E-state index in [1.807, 2.05) is 0 Å². The zero-order valence-corrected chi connectivity index (χ0v) is 11.8. The molecule has 0 N–H and O–H groups in total. The molecule has 0 radical (unpaired) electrons. The van der Waals surface area contributed by atoms with Crippen LogP contribution in [0.4, 0.5) is 0 Å². The molecule has 0 aliphatic heterocycles. The molecule has 0 amide bonds. The van der Waals surface area contributed by atoms with Crippen molar-refractivity contribution >= 4 is 0 Å². The van der Waals surface area contributed by atoms with Crippen LogP contribution in [0.3, 0.4) is 0 Å². The maximum absolute atomic E-state index is 2.33. The molecule has 1 aliphatic carbocycles. The van der Waals surface area contributed by atoms with Crippen molar-refractivity contribution in [2.75, 3.05) is 14.1 Å². The minimum absolute atomic E-state index is 0.729. The number of nitrogens with zero attached hydrogens (tertiary/aromatic N) is 1. The average molecular weight is 231 g/mol. The molecule has 0 saturated carbocycles. The number of hydrogen-bond acceptors (Lipinski definition) is 1. The van der Waals surface area contributed by atoms with E-state index in [4.69, 9.17) is 0 Å². The van der Waals surface area contributed by atoms with Gasteiger partial charge < -0.3 is 4.90 Å². The van der Waals surface area contributed by atoms with Crippen LogP contribution in [0.15, 0.2) is 47.2 Å². The molecule has 1 heteroatoms. The molecule has 1 rings (SSSR count). The minimum Gasteiger partial charge on any atom is -0.377 e. The topological polar surface area (TPSA) is 3.24 Å². The van der Waals surface area contributed by atoms with Gasteiger partial charge in [0, 0.05) is 19.8 Å². The Kier molecular flexibility index (Phi) is 5.27. The smallest absolute Gasteiger partial charge is 0.0396 e. The first-order chi connectivity index (χ1) is 8.06. The molecule has 0 spiro atoms. The van der Waals surface area contributed by atoms with Crippen molar-refractivity contribution in [2.24, 2.45) is 5.92 Å². The van der Waals surface area contributed by atoms with Crippen LogP contribution in [0, 0.1) is 5.92 Å². The molecular formula is C16H25N. The van der Waals surface area contributed by atoms with Gasteiger partial charge in [0.25, 0.3) is 0 Å². The second-order valence-electron chi connectivity index (χ2n) is 5.08. The van der Waals surface area contributed by atoms with Crippen molar-refractivity contribution in [3.8, 4) is 0 Å². The van der Waals surface area contributed by atoms with Crippen molar-refractivity contribution in [3.63, 3.8) is 0 Å². The van der Waals surface area contributed by atoms with Crippen LogP contribution in [0.25, 0.3) is 0 Å². The molecule has 0 bridgehead atoms.